The molecule has 1 aromatic carbocycles. The molecule has 2 aliphatic carbocycles. The average Bonchev–Trinajstić information content (AvgIpc) is 3.19. The number of allylic oxidation sites excluding steroid dienone is 3. The van der Waals surface area contributed by atoms with Gasteiger partial charge in [-0.2, -0.15) is 0 Å². The fourth-order valence-corrected chi connectivity index (χ4v) is 4.94. The van der Waals surface area contributed by atoms with Gasteiger partial charge in [-0.05, 0) is 62.5 Å². The number of aliphatic hydroxyl groups is 1. The summed E-state index contributed by atoms with van der Waals surface area (Å²) in [6.07, 6.45) is 11.4. The third-order valence-corrected chi connectivity index (χ3v) is 6.55. The van der Waals surface area contributed by atoms with Gasteiger partial charge in [0.05, 0.1) is 6.10 Å². The topological polar surface area (TPSA) is 57.6 Å². The summed E-state index contributed by atoms with van der Waals surface area (Å²) in [6, 6.07) is 8.04. The minimum absolute atomic E-state index is 0.0560. The predicted molar refractivity (Wildman–Crippen MR) is 120 cm³/mol. The second-order valence-corrected chi connectivity index (χ2v) is 9.22. The number of benzene rings is 1. The van der Waals surface area contributed by atoms with Crippen LogP contribution in [0.25, 0.3) is 0 Å². The van der Waals surface area contributed by atoms with Gasteiger partial charge in [-0.25, -0.2) is 0 Å². The van der Waals surface area contributed by atoms with E-state index < -0.39 is 0 Å². The second kappa shape index (κ2) is 10.2. The number of nitrogens with zero attached hydrogens (tertiary/aromatic N) is 1. The van der Waals surface area contributed by atoms with Crippen LogP contribution < -0.4 is 0 Å². The Morgan fingerprint density at radius 1 is 1.23 bits per heavy atom. The van der Waals surface area contributed by atoms with E-state index >= 15 is 0 Å². The average molecular weight is 410 g/mol. The van der Waals surface area contributed by atoms with Crippen molar-refractivity contribution in [1.82, 2.24) is 4.90 Å². The van der Waals surface area contributed by atoms with Crippen LogP contribution >= 0.6 is 0 Å². The molecule has 1 fully saturated rings. The van der Waals surface area contributed by atoms with E-state index in [9.17, 15) is 14.7 Å². The third-order valence-electron chi connectivity index (χ3n) is 6.55. The van der Waals surface area contributed by atoms with Crippen molar-refractivity contribution in [2.75, 3.05) is 14.1 Å². The first-order chi connectivity index (χ1) is 14.3. The van der Waals surface area contributed by atoms with Crippen molar-refractivity contribution in [2.24, 2.45) is 17.8 Å². The summed E-state index contributed by atoms with van der Waals surface area (Å²) in [7, 11) is 3.60. The standard InChI is InChI=1S/C26H35NO3/c1-18-7-6-9-19(13-18)15-22(28)11-12-23-24-16-20(14-21(24)17-25(23)29)8-4-5-10-26(30)27(2)3/h6-7,9,11-14,21,23-25,29H,4-5,8,10,15-17H2,1-3H3/b12-11+/t21-,23+,24-,25+/m0/s1. The fraction of sp³-hybridized carbons (Fsp3) is 0.538. The highest BCUT2D eigenvalue weighted by Gasteiger charge is 2.43. The van der Waals surface area contributed by atoms with Crippen LogP contribution in [-0.2, 0) is 16.0 Å². The quantitative estimate of drug-likeness (QED) is 0.377. The number of fused-ring (bicyclic) bond motifs is 1. The van der Waals surface area contributed by atoms with E-state index in [0.717, 1.165) is 43.2 Å². The van der Waals surface area contributed by atoms with E-state index in [0.29, 0.717) is 24.7 Å². The van der Waals surface area contributed by atoms with Crippen LogP contribution in [0.2, 0.25) is 0 Å². The molecule has 0 aromatic heterocycles. The first-order valence-corrected chi connectivity index (χ1v) is 11.2. The number of carbonyl (C=O) groups is 2. The van der Waals surface area contributed by atoms with Crippen molar-refractivity contribution in [2.45, 2.75) is 58.0 Å². The summed E-state index contributed by atoms with van der Waals surface area (Å²) in [4.78, 5) is 25.7. The summed E-state index contributed by atoms with van der Waals surface area (Å²) in [5.74, 6) is 1.16. The molecular formula is C26H35NO3. The number of aliphatic hydroxyl groups excluding tert-OH is 1. The maximum atomic E-state index is 12.4. The summed E-state index contributed by atoms with van der Waals surface area (Å²) in [6.45, 7) is 2.03. The summed E-state index contributed by atoms with van der Waals surface area (Å²) in [5.41, 5.74) is 3.65. The van der Waals surface area contributed by atoms with Crippen LogP contribution in [-0.4, -0.2) is 41.9 Å². The van der Waals surface area contributed by atoms with Crippen molar-refractivity contribution >= 4 is 11.7 Å². The molecule has 0 saturated heterocycles. The number of carbonyl (C=O) groups excluding carboxylic acids is 2. The smallest absolute Gasteiger partial charge is 0.222 e. The highest BCUT2D eigenvalue weighted by molar-refractivity contribution is 5.91. The Bertz CT molecular complexity index is 823. The van der Waals surface area contributed by atoms with Gasteiger partial charge in [-0.15, -0.1) is 0 Å². The molecule has 0 bridgehead atoms. The van der Waals surface area contributed by atoms with Crippen LogP contribution in [0.1, 0.15) is 49.7 Å². The Hall–Kier alpha value is -2.20. The lowest BCUT2D eigenvalue weighted by Crippen LogP contribution is -2.21. The van der Waals surface area contributed by atoms with Crippen LogP contribution in [0.3, 0.4) is 0 Å². The van der Waals surface area contributed by atoms with Crippen molar-refractivity contribution in [3.8, 4) is 0 Å². The zero-order valence-electron chi connectivity index (χ0n) is 18.5. The highest BCUT2D eigenvalue weighted by Crippen LogP contribution is 2.48. The van der Waals surface area contributed by atoms with E-state index in [4.69, 9.17) is 0 Å². The number of hydrogen-bond donors (Lipinski definition) is 1. The van der Waals surface area contributed by atoms with E-state index in [-0.39, 0.29) is 23.7 Å². The number of amides is 1. The Labute approximate surface area is 180 Å². The monoisotopic (exact) mass is 409 g/mol. The molecule has 2 aliphatic rings. The van der Waals surface area contributed by atoms with Crippen molar-refractivity contribution < 1.29 is 14.7 Å². The third kappa shape index (κ3) is 5.91. The minimum atomic E-state index is -0.362. The number of hydrogen-bond acceptors (Lipinski definition) is 3. The first kappa shape index (κ1) is 22.5. The number of unbranched alkanes of at least 4 members (excludes halogenated alkanes) is 1. The molecule has 0 unspecified atom stereocenters. The van der Waals surface area contributed by atoms with Gasteiger partial charge in [0.2, 0.25) is 5.91 Å². The predicted octanol–water partition coefficient (Wildman–Crippen LogP) is 4.25. The van der Waals surface area contributed by atoms with Crippen LogP contribution in [0, 0.1) is 24.7 Å². The van der Waals surface area contributed by atoms with Gasteiger partial charge in [0.15, 0.2) is 5.78 Å². The first-order valence-electron chi connectivity index (χ1n) is 11.2. The SMILES string of the molecule is Cc1cccc(CC(=O)/C=C/[C@@H]2[C@H]3CC(CCCCC(=O)N(C)C)=C[C@H]3C[C@H]2O)c1. The number of rotatable bonds is 9. The number of ketones is 1. The molecule has 1 saturated carbocycles. The largest absolute Gasteiger partial charge is 0.392 e. The lowest BCUT2D eigenvalue weighted by molar-refractivity contribution is -0.128. The lowest BCUT2D eigenvalue weighted by Gasteiger charge is -2.18. The molecule has 1 N–H and O–H groups in total. The van der Waals surface area contributed by atoms with Gasteiger partial charge in [0.1, 0.15) is 0 Å². The van der Waals surface area contributed by atoms with Gasteiger partial charge in [-0.3, -0.25) is 9.59 Å². The van der Waals surface area contributed by atoms with Gasteiger partial charge in [0.25, 0.3) is 0 Å². The van der Waals surface area contributed by atoms with E-state index in [1.807, 2.05) is 37.3 Å². The molecule has 0 spiro atoms. The summed E-state index contributed by atoms with van der Waals surface area (Å²) in [5, 5.41) is 10.5. The molecule has 4 atom stereocenters. The molecule has 0 heterocycles. The molecule has 4 heteroatoms. The summed E-state index contributed by atoms with van der Waals surface area (Å²) < 4.78 is 0. The number of aryl methyl sites for hydroxylation is 1. The molecule has 1 aromatic rings. The van der Waals surface area contributed by atoms with Crippen LogP contribution in [0.5, 0.6) is 0 Å². The summed E-state index contributed by atoms with van der Waals surface area (Å²) >= 11 is 0. The lowest BCUT2D eigenvalue weighted by atomic mass is 9.88. The molecule has 3 rings (SSSR count). The molecule has 0 aliphatic heterocycles. The zero-order valence-corrected chi connectivity index (χ0v) is 18.5. The van der Waals surface area contributed by atoms with Crippen LogP contribution in [0.15, 0.2) is 48.1 Å². The molecule has 4 nitrogen and oxygen atoms in total. The normalized spacial score (nSPS) is 25.4. The molecule has 30 heavy (non-hydrogen) atoms. The van der Waals surface area contributed by atoms with Crippen molar-refractivity contribution in [3.05, 3.63) is 59.2 Å². The maximum Gasteiger partial charge on any atom is 0.222 e. The second-order valence-electron chi connectivity index (χ2n) is 9.22. The fourth-order valence-electron chi connectivity index (χ4n) is 4.94. The van der Waals surface area contributed by atoms with Gasteiger partial charge >= 0.3 is 0 Å². The van der Waals surface area contributed by atoms with Crippen molar-refractivity contribution in [1.29, 1.82) is 0 Å². The maximum absolute atomic E-state index is 12.4. The van der Waals surface area contributed by atoms with Gasteiger partial charge in [0, 0.05) is 32.9 Å². The van der Waals surface area contributed by atoms with E-state index in [2.05, 4.69) is 6.08 Å². The van der Waals surface area contributed by atoms with Gasteiger partial charge in [-0.1, -0.05) is 47.6 Å². The van der Waals surface area contributed by atoms with E-state index in [1.54, 1.807) is 25.1 Å². The van der Waals surface area contributed by atoms with Gasteiger partial charge < -0.3 is 10.0 Å². The Morgan fingerprint density at radius 2 is 2.03 bits per heavy atom. The Kier molecular flexibility index (Phi) is 7.65. The molecule has 1 amide bonds. The Morgan fingerprint density at radius 3 is 2.77 bits per heavy atom. The zero-order chi connectivity index (χ0) is 21.7. The molecule has 0 radical (unpaired) electrons. The minimum Gasteiger partial charge on any atom is -0.392 e. The highest BCUT2D eigenvalue weighted by atomic mass is 16.3. The molecular weight excluding hydrogens is 374 g/mol. The van der Waals surface area contributed by atoms with Crippen molar-refractivity contribution in [3.63, 3.8) is 0 Å². The van der Waals surface area contributed by atoms with Crippen LogP contribution in [0.4, 0.5) is 0 Å². The van der Waals surface area contributed by atoms with E-state index in [1.165, 1.54) is 5.57 Å². The Balaban J connectivity index is 1.48. The molecule has 162 valence electrons.